The van der Waals surface area contributed by atoms with Gasteiger partial charge in [-0.1, -0.05) is 61.5 Å². The molecule has 3 rings (SSSR count). The third kappa shape index (κ3) is 3.89. The Hall–Kier alpha value is -2.81. The first-order valence-electron chi connectivity index (χ1n) is 9.96. The van der Waals surface area contributed by atoms with Crippen molar-refractivity contribution < 1.29 is 4.79 Å². The van der Waals surface area contributed by atoms with Gasteiger partial charge >= 0.3 is 0 Å². The van der Waals surface area contributed by atoms with Gasteiger partial charge < -0.3 is 9.47 Å². The van der Waals surface area contributed by atoms with Crippen molar-refractivity contribution in [3.05, 3.63) is 93.8 Å². The smallest absolute Gasteiger partial charge is 0.270 e. The van der Waals surface area contributed by atoms with Crippen LogP contribution in [0.3, 0.4) is 0 Å². The molecule has 2 aromatic carbocycles. The van der Waals surface area contributed by atoms with Gasteiger partial charge in [0.05, 0.1) is 0 Å². The highest BCUT2D eigenvalue weighted by Gasteiger charge is 2.24. The predicted octanol–water partition coefficient (Wildman–Crippen LogP) is 5.30. The summed E-state index contributed by atoms with van der Waals surface area (Å²) in [6, 6.07) is 18.6. The Morgan fingerprint density at radius 1 is 0.964 bits per heavy atom. The van der Waals surface area contributed by atoms with E-state index in [9.17, 15) is 4.79 Å². The summed E-state index contributed by atoms with van der Waals surface area (Å²) in [6.07, 6.45) is 0.932. The van der Waals surface area contributed by atoms with Crippen LogP contribution in [0.25, 0.3) is 0 Å². The van der Waals surface area contributed by atoms with Gasteiger partial charge in [-0.15, -0.1) is 0 Å². The number of nitrogens with zero attached hydrogens (tertiary/aromatic N) is 2. The molecule has 3 nitrogen and oxygen atoms in total. The Balaban J connectivity index is 1.99. The first-order chi connectivity index (χ1) is 13.4. The molecule has 0 aliphatic heterocycles. The lowest BCUT2D eigenvalue weighted by atomic mass is 10.1. The van der Waals surface area contributed by atoms with E-state index >= 15 is 0 Å². The minimum absolute atomic E-state index is 0.0812. The average Bonchev–Trinajstić information content (AvgIpc) is 2.93. The second-order valence-corrected chi connectivity index (χ2v) is 7.55. The number of carbonyl (C=O) groups is 1. The molecule has 0 radical (unpaired) electrons. The number of aromatic nitrogens is 1. The van der Waals surface area contributed by atoms with Crippen LogP contribution in [0.4, 0.5) is 0 Å². The fourth-order valence-corrected chi connectivity index (χ4v) is 4.01. The van der Waals surface area contributed by atoms with Crippen LogP contribution in [0.1, 0.15) is 50.9 Å². The SMILES string of the molecule is CCc1c(C)c(C(=O)N(C)Cc2ccccc2)n(Cc2ccccc2C)c1C. The molecule has 0 aliphatic rings. The number of hydrogen-bond acceptors (Lipinski definition) is 1. The van der Waals surface area contributed by atoms with Gasteiger partial charge in [0.1, 0.15) is 5.69 Å². The summed E-state index contributed by atoms with van der Waals surface area (Å²) in [4.78, 5) is 15.3. The van der Waals surface area contributed by atoms with E-state index in [0.717, 1.165) is 29.8 Å². The van der Waals surface area contributed by atoms with E-state index in [-0.39, 0.29) is 5.91 Å². The van der Waals surface area contributed by atoms with Gasteiger partial charge in [0.25, 0.3) is 5.91 Å². The number of rotatable bonds is 6. The van der Waals surface area contributed by atoms with Gasteiger partial charge in [0.2, 0.25) is 0 Å². The molecule has 1 heterocycles. The van der Waals surface area contributed by atoms with Gasteiger partial charge in [-0.3, -0.25) is 4.79 Å². The third-order valence-corrected chi connectivity index (χ3v) is 5.67. The van der Waals surface area contributed by atoms with Crippen molar-refractivity contribution in [3.8, 4) is 0 Å². The fourth-order valence-electron chi connectivity index (χ4n) is 4.01. The first kappa shape index (κ1) is 19.9. The molecule has 0 saturated heterocycles. The lowest BCUT2D eigenvalue weighted by Gasteiger charge is -2.20. The average molecular weight is 375 g/mol. The zero-order chi connectivity index (χ0) is 20.3. The number of benzene rings is 2. The molecule has 0 unspecified atom stereocenters. The molecule has 0 saturated carbocycles. The summed E-state index contributed by atoms with van der Waals surface area (Å²) < 4.78 is 2.21. The molecule has 146 valence electrons. The third-order valence-electron chi connectivity index (χ3n) is 5.67. The van der Waals surface area contributed by atoms with Crippen molar-refractivity contribution in [2.45, 2.75) is 47.2 Å². The molecule has 3 heteroatoms. The van der Waals surface area contributed by atoms with Gasteiger partial charge in [-0.05, 0) is 55.0 Å². The molecule has 0 aliphatic carbocycles. The van der Waals surface area contributed by atoms with Crippen molar-refractivity contribution in [1.82, 2.24) is 9.47 Å². The Labute approximate surface area is 168 Å². The molecule has 1 amide bonds. The number of aryl methyl sites for hydroxylation is 1. The van der Waals surface area contributed by atoms with Crippen LogP contribution < -0.4 is 0 Å². The Morgan fingerprint density at radius 2 is 1.61 bits per heavy atom. The topological polar surface area (TPSA) is 25.2 Å². The molecule has 1 aromatic heterocycles. The summed E-state index contributed by atoms with van der Waals surface area (Å²) in [5, 5.41) is 0. The van der Waals surface area contributed by atoms with Crippen molar-refractivity contribution in [3.63, 3.8) is 0 Å². The highest BCUT2D eigenvalue weighted by atomic mass is 16.2. The minimum atomic E-state index is 0.0812. The van der Waals surface area contributed by atoms with Crippen molar-refractivity contribution in [2.75, 3.05) is 7.05 Å². The van der Waals surface area contributed by atoms with Gasteiger partial charge in [-0.25, -0.2) is 0 Å². The van der Waals surface area contributed by atoms with Gasteiger partial charge in [-0.2, -0.15) is 0 Å². The van der Waals surface area contributed by atoms with E-state index in [2.05, 4.69) is 68.7 Å². The maximum atomic E-state index is 13.5. The minimum Gasteiger partial charge on any atom is -0.336 e. The maximum absolute atomic E-state index is 13.5. The highest BCUT2D eigenvalue weighted by Crippen LogP contribution is 2.26. The standard InChI is InChI=1S/C25H30N2O/c1-6-23-19(3)24(25(28)26(5)16-21-13-8-7-9-14-21)27(20(23)4)17-22-15-11-10-12-18(22)2/h7-15H,6,16-17H2,1-5H3. The van der Waals surface area contributed by atoms with Crippen LogP contribution in [0.5, 0.6) is 0 Å². The molecule has 3 aromatic rings. The maximum Gasteiger partial charge on any atom is 0.270 e. The monoisotopic (exact) mass is 374 g/mol. The van der Waals surface area contributed by atoms with Gasteiger partial charge in [0.15, 0.2) is 0 Å². The zero-order valence-electron chi connectivity index (χ0n) is 17.6. The normalized spacial score (nSPS) is 10.9. The van der Waals surface area contributed by atoms with Crippen molar-refractivity contribution in [2.24, 2.45) is 0 Å². The number of hydrogen-bond donors (Lipinski definition) is 0. The summed E-state index contributed by atoms with van der Waals surface area (Å²) >= 11 is 0. The van der Waals surface area contributed by atoms with E-state index in [1.165, 1.54) is 22.4 Å². The van der Waals surface area contributed by atoms with Crippen LogP contribution >= 0.6 is 0 Å². The quantitative estimate of drug-likeness (QED) is 0.575. The molecule has 0 fully saturated rings. The summed E-state index contributed by atoms with van der Waals surface area (Å²) in [5.74, 6) is 0.0812. The first-order valence-corrected chi connectivity index (χ1v) is 9.96. The summed E-state index contributed by atoms with van der Waals surface area (Å²) in [6.45, 7) is 9.84. The van der Waals surface area contributed by atoms with Crippen LogP contribution in [0, 0.1) is 20.8 Å². The van der Waals surface area contributed by atoms with Crippen LogP contribution in [0.2, 0.25) is 0 Å². The second kappa shape index (κ2) is 8.47. The highest BCUT2D eigenvalue weighted by molar-refractivity contribution is 5.94. The molecular weight excluding hydrogens is 344 g/mol. The van der Waals surface area contributed by atoms with Crippen molar-refractivity contribution in [1.29, 1.82) is 0 Å². The van der Waals surface area contributed by atoms with E-state index in [1.54, 1.807) is 0 Å². The van der Waals surface area contributed by atoms with E-state index in [0.29, 0.717) is 6.54 Å². The van der Waals surface area contributed by atoms with Gasteiger partial charge in [0, 0.05) is 25.8 Å². The molecule has 0 N–H and O–H groups in total. The Morgan fingerprint density at radius 3 is 2.25 bits per heavy atom. The van der Waals surface area contributed by atoms with E-state index < -0.39 is 0 Å². The molecular formula is C25H30N2O. The van der Waals surface area contributed by atoms with Crippen LogP contribution in [-0.2, 0) is 19.5 Å². The summed E-state index contributed by atoms with van der Waals surface area (Å²) in [7, 11) is 1.89. The number of amides is 1. The lowest BCUT2D eigenvalue weighted by molar-refractivity contribution is 0.0773. The summed E-state index contributed by atoms with van der Waals surface area (Å²) in [5.41, 5.74) is 8.05. The lowest BCUT2D eigenvalue weighted by Crippen LogP contribution is -2.29. The second-order valence-electron chi connectivity index (χ2n) is 7.55. The fraction of sp³-hybridized carbons (Fsp3) is 0.320. The number of carbonyl (C=O) groups excluding carboxylic acids is 1. The van der Waals surface area contributed by atoms with Crippen molar-refractivity contribution >= 4 is 5.91 Å². The van der Waals surface area contributed by atoms with Crippen LogP contribution in [0.15, 0.2) is 54.6 Å². The zero-order valence-corrected chi connectivity index (χ0v) is 17.6. The molecule has 0 atom stereocenters. The Kier molecular flexibility index (Phi) is 6.03. The Bertz CT molecular complexity index is 970. The molecule has 0 spiro atoms. The molecule has 28 heavy (non-hydrogen) atoms. The van der Waals surface area contributed by atoms with E-state index in [1.807, 2.05) is 30.1 Å². The van der Waals surface area contributed by atoms with E-state index in [4.69, 9.17) is 0 Å². The largest absolute Gasteiger partial charge is 0.336 e. The molecule has 0 bridgehead atoms. The van der Waals surface area contributed by atoms with Crippen LogP contribution in [-0.4, -0.2) is 22.4 Å². The predicted molar refractivity (Wildman–Crippen MR) is 116 cm³/mol.